The van der Waals surface area contributed by atoms with E-state index in [0.717, 1.165) is 13.0 Å². The number of epoxide rings is 1. The lowest BCUT2D eigenvalue weighted by Crippen LogP contribution is -1.92. The number of benzene rings is 1. The van der Waals surface area contributed by atoms with Crippen LogP contribution in [-0.4, -0.2) is 23.8 Å². The molecule has 1 atom stereocenters. The van der Waals surface area contributed by atoms with Crippen molar-refractivity contribution in [2.45, 2.75) is 19.4 Å². The number of hydrogen-bond donors (Lipinski definition) is 1. The summed E-state index contributed by atoms with van der Waals surface area (Å²) < 4.78 is 5.14. The average Bonchev–Trinajstić information content (AvgIpc) is 3.15. The monoisotopic (exact) mass is 246 g/mol. The Kier molecular flexibility index (Phi) is 5.33. The number of carboxylic acids is 1. The Morgan fingerprint density at radius 1 is 1.39 bits per heavy atom. The Labute approximate surface area is 107 Å². The Hall–Kier alpha value is -1.87. The lowest BCUT2D eigenvalue weighted by Gasteiger charge is -2.01. The molecule has 0 saturated carbocycles. The van der Waals surface area contributed by atoms with Crippen LogP contribution in [0, 0.1) is 0 Å². The first-order valence-electron chi connectivity index (χ1n) is 5.74. The van der Waals surface area contributed by atoms with Gasteiger partial charge in [-0.15, -0.1) is 0 Å². The zero-order valence-electron chi connectivity index (χ0n) is 10.6. The van der Waals surface area contributed by atoms with Crippen molar-refractivity contribution in [3.63, 3.8) is 0 Å². The first-order valence-corrected chi connectivity index (χ1v) is 5.74. The van der Waals surface area contributed by atoms with Crippen LogP contribution in [0.5, 0.6) is 0 Å². The zero-order chi connectivity index (χ0) is 13.5. The summed E-state index contributed by atoms with van der Waals surface area (Å²) in [7, 11) is 0. The van der Waals surface area contributed by atoms with Gasteiger partial charge < -0.3 is 9.84 Å². The number of aliphatic carboxylic acids is 1. The Bertz CT molecular complexity index is 418. The van der Waals surface area contributed by atoms with Crippen molar-refractivity contribution in [3.05, 3.63) is 54.6 Å². The van der Waals surface area contributed by atoms with Crippen LogP contribution in [0.15, 0.2) is 49.1 Å². The Balaban J connectivity index is 0.000000232. The van der Waals surface area contributed by atoms with Crippen molar-refractivity contribution in [3.8, 4) is 0 Å². The van der Waals surface area contributed by atoms with Gasteiger partial charge in [-0.25, -0.2) is 4.79 Å². The van der Waals surface area contributed by atoms with Crippen molar-refractivity contribution >= 4 is 11.5 Å². The van der Waals surface area contributed by atoms with E-state index in [0.29, 0.717) is 6.10 Å². The highest BCUT2D eigenvalue weighted by molar-refractivity contribution is 5.84. The molecule has 1 unspecified atom stereocenters. The summed E-state index contributed by atoms with van der Waals surface area (Å²) in [6.45, 7) is 9.54. The molecule has 1 N–H and O–H groups in total. The van der Waals surface area contributed by atoms with Gasteiger partial charge in [-0.3, -0.25) is 0 Å². The Morgan fingerprint density at radius 3 is 2.28 bits per heavy atom. The van der Waals surface area contributed by atoms with E-state index in [1.165, 1.54) is 18.1 Å². The first kappa shape index (κ1) is 14.2. The molecule has 0 aromatic heterocycles. The predicted octanol–water partition coefficient (Wildman–Crippen LogP) is 3.14. The minimum atomic E-state index is -0.935. The van der Waals surface area contributed by atoms with Crippen LogP contribution >= 0.6 is 0 Å². The van der Waals surface area contributed by atoms with Crippen molar-refractivity contribution in [2.75, 3.05) is 6.61 Å². The third kappa shape index (κ3) is 5.46. The molecular weight excluding hydrogens is 228 g/mol. The molecule has 3 heteroatoms. The summed E-state index contributed by atoms with van der Waals surface area (Å²) in [5.41, 5.74) is 2.58. The molecule has 3 nitrogen and oxygen atoms in total. The van der Waals surface area contributed by atoms with Crippen LogP contribution in [0.1, 0.15) is 18.9 Å². The smallest absolute Gasteiger partial charge is 0.330 e. The second-order valence-electron chi connectivity index (χ2n) is 4.21. The summed E-state index contributed by atoms with van der Waals surface area (Å²) >= 11 is 0. The molecule has 1 aromatic rings. The van der Waals surface area contributed by atoms with Gasteiger partial charge >= 0.3 is 5.97 Å². The van der Waals surface area contributed by atoms with Gasteiger partial charge in [0.15, 0.2) is 0 Å². The Morgan fingerprint density at radius 2 is 1.89 bits per heavy atom. The minimum absolute atomic E-state index is 0.176. The number of ether oxygens (including phenoxy) is 1. The molecule has 1 aliphatic heterocycles. The van der Waals surface area contributed by atoms with Crippen LogP contribution in [-0.2, 0) is 9.53 Å². The van der Waals surface area contributed by atoms with E-state index >= 15 is 0 Å². The van der Waals surface area contributed by atoms with Gasteiger partial charge in [0, 0.05) is 12.0 Å². The third-order valence-corrected chi connectivity index (χ3v) is 2.42. The molecule has 0 amide bonds. The summed E-state index contributed by atoms with van der Waals surface area (Å²) in [6, 6.07) is 10.3. The lowest BCUT2D eigenvalue weighted by molar-refractivity contribution is -0.132. The lowest BCUT2D eigenvalue weighted by atomic mass is 10.0. The number of carbonyl (C=O) groups is 1. The van der Waals surface area contributed by atoms with E-state index < -0.39 is 5.97 Å². The average molecular weight is 246 g/mol. The van der Waals surface area contributed by atoms with E-state index in [4.69, 9.17) is 9.84 Å². The summed E-state index contributed by atoms with van der Waals surface area (Å²) in [5.74, 6) is -0.935. The largest absolute Gasteiger partial charge is 0.478 e. The standard InChI is InChI=1S/C11H12O.C4H6O2/c1-9(7-11-8-12-11)10-5-3-2-4-6-10;1-3(2)4(5)6/h2-6,11H,1,7-8H2;1H2,2H3,(H,5,6). The van der Waals surface area contributed by atoms with E-state index in [-0.39, 0.29) is 5.57 Å². The van der Waals surface area contributed by atoms with Crippen LogP contribution in [0.4, 0.5) is 0 Å². The summed E-state index contributed by atoms with van der Waals surface area (Å²) in [4.78, 5) is 9.60. The van der Waals surface area contributed by atoms with Gasteiger partial charge in [-0.1, -0.05) is 43.5 Å². The first-order chi connectivity index (χ1) is 8.50. The molecule has 1 aromatic carbocycles. The van der Waals surface area contributed by atoms with Crippen molar-refractivity contribution < 1.29 is 14.6 Å². The minimum Gasteiger partial charge on any atom is -0.478 e. The molecule has 1 saturated heterocycles. The molecule has 18 heavy (non-hydrogen) atoms. The van der Waals surface area contributed by atoms with Crippen molar-refractivity contribution in [1.29, 1.82) is 0 Å². The van der Waals surface area contributed by atoms with Gasteiger partial charge in [-0.05, 0) is 18.1 Å². The van der Waals surface area contributed by atoms with Crippen LogP contribution in [0.25, 0.3) is 5.57 Å². The van der Waals surface area contributed by atoms with E-state index in [1.54, 1.807) is 0 Å². The van der Waals surface area contributed by atoms with Crippen molar-refractivity contribution in [1.82, 2.24) is 0 Å². The molecule has 0 radical (unpaired) electrons. The fraction of sp³-hybridized carbons (Fsp3) is 0.267. The predicted molar refractivity (Wildman–Crippen MR) is 72.3 cm³/mol. The van der Waals surface area contributed by atoms with Crippen LogP contribution in [0.3, 0.4) is 0 Å². The van der Waals surface area contributed by atoms with Gasteiger partial charge in [-0.2, -0.15) is 0 Å². The van der Waals surface area contributed by atoms with E-state index in [1.807, 2.05) is 18.2 Å². The topological polar surface area (TPSA) is 49.8 Å². The van der Waals surface area contributed by atoms with Gasteiger partial charge in [0.1, 0.15) is 0 Å². The molecule has 0 aliphatic carbocycles. The third-order valence-electron chi connectivity index (χ3n) is 2.42. The molecule has 2 rings (SSSR count). The molecule has 0 spiro atoms. The fourth-order valence-corrected chi connectivity index (χ4v) is 1.25. The number of hydrogen-bond acceptors (Lipinski definition) is 2. The molecular formula is C15H18O3. The number of rotatable bonds is 4. The quantitative estimate of drug-likeness (QED) is 0.656. The van der Waals surface area contributed by atoms with Gasteiger partial charge in [0.2, 0.25) is 0 Å². The maximum atomic E-state index is 9.60. The summed E-state index contributed by atoms with van der Waals surface area (Å²) in [5, 5.41) is 7.89. The van der Waals surface area contributed by atoms with E-state index in [9.17, 15) is 4.79 Å². The van der Waals surface area contributed by atoms with Crippen molar-refractivity contribution in [2.24, 2.45) is 0 Å². The highest BCUT2D eigenvalue weighted by atomic mass is 16.6. The highest BCUT2D eigenvalue weighted by Gasteiger charge is 2.23. The summed E-state index contributed by atoms with van der Waals surface area (Å²) in [6.07, 6.45) is 1.42. The molecule has 1 heterocycles. The SMILES string of the molecule is C=C(C)C(=O)O.C=C(CC1CO1)c1ccccc1. The normalized spacial score (nSPS) is 16.2. The van der Waals surface area contributed by atoms with E-state index in [2.05, 4.69) is 25.3 Å². The molecule has 96 valence electrons. The second-order valence-corrected chi connectivity index (χ2v) is 4.21. The van der Waals surface area contributed by atoms with Crippen LogP contribution in [0.2, 0.25) is 0 Å². The van der Waals surface area contributed by atoms with Gasteiger partial charge in [0.25, 0.3) is 0 Å². The molecule has 1 aliphatic rings. The molecule has 1 fully saturated rings. The highest BCUT2D eigenvalue weighted by Crippen LogP contribution is 2.24. The maximum Gasteiger partial charge on any atom is 0.330 e. The maximum absolute atomic E-state index is 9.60. The number of carboxylic acid groups (broad SMARTS) is 1. The molecule has 0 bridgehead atoms. The zero-order valence-corrected chi connectivity index (χ0v) is 10.6. The second kappa shape index (κ2) is 6.77. The van der Waals surface area contributed by atoms with Crippen LogP contribution < -0.4 is 0 Å². The van der Waals surface area contributed by atoms with Gasteiger partial charge in [0.05, 0.1) is 12.7 Å². The fourth-order valence-electron chi connectivity index (χ4n) is 1.25.